The summed E-state index contributed by atoms with van der Waals surface area (Å²) in [6.07, 6.45) is 4.16. The van der Waals surface area contributed by atoms with Gasteiger partial charge in [0.25, 0.3) is 0 Å². The van der Waals surface area contributed by atoms with Crippen LogP contribution in [0.15, 0.2) is 67.0 Å². The number of benzene rings is 3. The van der Waals surface area contributed by atoms with Gasteiger partial charge in [-0.1, -0.05) is 42.5 Å². The SMILES string of the molecule is Cn1ccc2c3ccccc3c3cnc4ccccc4c3c21. The zero-order valence-corrected chi connectivity index (χ0v) is 12.2. The zero-order valence-electron chi connectivity index (χ0n) is 12.2. The van der Waals surface area contributed by atoms with Gasteiger partial charge in [0.2, 0.25) is 0 Å². The average Bonchev–Trinajstić information content (AvgIpc) is 2.96. The van der Waals surface area contributed by atoms with Crippen molar-refractivity contribution in [2.45, 2.75) is 0 Å². The first-order valence-electron chi connectivity index (χ1n) is 7.48. The van der Waals surface area contributed by atoms with Gasteiger partial charge in [-0.3, -0.25) is 4.98 Å². The summed E-state index contributed by atoms with van der Waals surface area (Å²) < 4.78 is 2.22. The van der Waals surface area contributed by atoms with Gasteiger partial charge in [0.15, 0.2) is 0 Å². The molecule has 0 aliphatic rings. The molecule has 104 valence electrons. The molecule has 0 aliphatic carbocycles. The molecule has 5 aromatic rings. The fourth-order valence-electron chi connectivity index (χ4n) is 3.61. The van der Waals surface area contributed by atoms with Crippen LogP contribution in [0.25, 0.3) is 43.4 Å². The molecular formula is C20H14N2. The summed E-state index contributed by atoms with van der Waals surface area (Å²) in [5.41, 5.74) is 2.33. The van der Waals surface area contributed by atoms with Crippen LogP contribution in [-0.2, 0) is 7.05 Å². The standard InChI is InChI=1S/C20H14N2/c1-22-11-10-15-13-6-2-3-7-14(13)17-12-21-18-9-5-4-8-16(18)19(17)20(15)22/h2-12H,1H3. The third-order valence-electron chi connectivity index (χ3n) is 4.59. The van der Waals surface area contributed by atoms with E-state index in [4.69, 9.17) is 0 Å². The molecule has 0 radical (unpaired) electrons. The summed E-state index contributed by atoms with van der Waals surface area (Å²) >= 11 is 0. The maximum atomic E-state index is 4.67. The highest BCUT2D eigenvalue weighted by Crippen LogP contribution is 2.38. The monoisotopic (exact) mass is 282 g/mol. The molecule has 2 nitrogen and oxygen atoms in total. The normalized spacial score (nSPS) is 11.9. The van der Waals surface area contributed by atoms with Crippen LogP contribution in [0, 0.1) is 0 Å². The average molecular weight is 282 g/mol. The third-order valence-corrected chi connectivity index (χ3v) is 4.59. The number of nitrogens with zero attached hydrogens (tertiary/aromatic N) is 2. The highest BCUT2D eigenvalue weighted by Gasteiger charge is 2.13. The lowest BCUT2D eigenvalue weighted by molar-refractivity contribution is 0.973. The number of fused-ring (bicyclic) bond motifs is 8. The molecule has 22 heavy (non-hydrogen) atoms. The van der Waals surface area contributed by atoms with Crippen LogP contribution in [0.4, 0.5) is 0 Å². The summed E-state index contributed by atoms with van der Waals surface area (Å²) in [4.78, 5) is 4.67. The number of hydrogen-bond donors (Lipinski definition) is 0. The Labute approximate surface area is 127 Å². The van der Waals surface area contributed by atoms with Crippen LogP contribution < -0.4 is 0 Å². The van der Waals surface area contributed by atoms with Gasteiger partial charge in [-0.15, -0.1) is 0 Å². The Hall–Kier alpha value is -2.87. The molecule has 0 unspecified atom stereocenters. The van der Waals surface area contributed by atoms with Crippen LogP contribution in [0.2, 0.25) is 0 Å². The van der Waals surface area contributed by atoms with Crippen LogP contribution in [0.3, 0.4) is 0 Å². The highest BCUT2D eigenvalue weighted by atomic mass is 14.9. The largest absolute Gasteiger partial charge is 0.350 e. The van der Waals surface area contributed by atoms with Gasteiger partial charge in [-0.25, -0.2) is 0 Å². The number of pyridine rings is 1. The lowest BCUT2D eigenvalue weighted by Gasteiger charge is -2.11. The first kappa shape index (κ1) is 11.8. The summed E-state index contributed by atoms with van der Waals surface area (Å²) in [6.45, 7) is 0. The van der Waals surface area contributed by atoms with Crippen LogP contribution in [-0.4, -0.2) is 9.55 Å². The Balaban J connectivity index is 2.25. The molecule has 0 bridgehead atoms. The Morgan fingerprint density at radius 2 is 1.41 bits per heavy atom. The van der Waals surface area contributed by atoms with E-state index in [1.54, 1.807) is 0 Å². The topological polar surface area (TPSA) is 17.8 Å². The van der Waals surface area contributed by atoms with Gasteiger partial charge in [-0.05, 0) is 22.9 Å². The maximum Gasteiger partial charge on any atom is 0.0709 e. The minimum atomic E-state index is 1.05. The van der Waals surface area contributed by atoms with Crippen molar-refractivity contribution in [1.82, 2.24) is 9.55 Å². The Morgan fingerprint density at radius 3 is 2.23 bits per heavy atom. The molecule has 0 saturated carbocycles. The molecule has 0 spiro atoms. The van der Waals surface area contributed by atoms with Crippen molar-refractivity contribution in [2.24, 2.45) is 7.05 Å². The second-order valence-corrected chi connectivity index (χ2v) is 5.80. The molecule has 0 fully saturated rings. The van der Waals surface area contributed by atoms with Crippen LogP contribution in [0.1, 0.15) is 0 Å². The number of rotatable bonds is 0. The zero-order chi connectivity index (χ0) is 14.7. The van der Waals surface area contributed by atoms with E-state index in [-0.39, 0.29) is 0 Å². The molecule has 5 rings (SSSR count). The van der Waals surface area contributed by atoms with Gasteiger partial charge in [-0.2, -0.15) is 0 Å². The first-order chi connectivity index (χ1) is 10.8. The highest BCUT2D eigenvalue weighted by molar-refractivity contribution is 6.30. The minimum Gasteiger partial charge on any atom is -0.350 e. The molecule has 0 N–H and O–H groups in total. The number of aromatic nitrogens is 2. The van der Waals surface area contributed by atoms with Gasteiger partial charge in [0.1, 0.15) is 0 Å². The third kappa shape index (κ3) is 1.37. The molecule has 0 aliphatic heterocycles. The van der Waals surface area contributed by atoms with Crippen molar-refractivity contribution in [2.75, 3.05) is 0 Å². The second kappa shape index (κ2) is 4.08. The smallest absolute Gasteiger partial charge is 0.0709 e. The van der Waals surface area contributed by atoms with E-state index < -0.39 is 0 Å². The molecule has 2 heterocycles. The van der Waals surface area contributed by atoms with E-state index >= 15 is 0 Å². The number of para-hydroxylation sites is 1. The van der Waals surface area contributed by atoms with E-state index in [9.17, 15) is 0 Å². The maximum absolute atomic E-state index is 4.67. The van der Waals surface area contributed by atoms with Gasteiger partial charge in [0.05, 0.1) is 11.0 Å². The van der Waals surface area contributed by atoms with Crippen molar-refractivity contribution in [3.05, 3.63) is 67.0 Å². The van der Waals surface area contributed by atoms with Crippen LogP contribution >= 0.6 is 0 Å². The number of hydrogen-bond acceptors (Lipinski definition) is 1. The Kier molecular flexibility index (Phi) is 2.18. The first-order valence-corrected chi connectivity index (χ1v) is 7.48. The van der Waals surface area contributed by atoms with E-state index in [1.807, 2.05) is 12.3 Å². The molecule has 0 saturated heterocycles. The van der Waals surface area contributed by atoms with Gasteiger partial charge in [0, 0.05) is 41.0 Å². The predicted octanol–water partition coefficient (Wildman–Crippen LogP) is 5.03. The second-order valence-electron chi connectivity index (χ2n) is 5.80. The van der Waals surface area contributed by atoms with Crippen molar-refractivity contribution in [3.63, 3.8) is 0 Å². The van der Waals surface area contributed by atoms with Crippen molar-refractivity contribution >= 4 is 43.4 Å². The van der Waals surface area contributed by atoms with Crippen LogP contribution in [0.5, 0.6) is 0 Å². The molecule has 2 heteroatoms. The fourth-order valence-corrected chi connectivity index (χ4v) is 3.61. The molecule has 0 amide bonds. The van der Waals surface area contributed by atoms with Crippen molar-refractivity contribution in [1.29, 1.82) is 0 Å². The quantitative estimate of drug-likeness (QED) is 0.364. The lowest BCUT2D eigenvalue weighted by atomic mass is 9.97. The Morgan fingerprint density at radius 1 is 0.727 bits per heavy atom. The lowest BCUT2D eigenvalue weighted by Crippen LogP contribution is -1.90. The summed E-state index contributed by atoms with van der Waals surface area (Å²) in [7, 11) is 2.12. The fraction of sp³-hybridized carbons (Fsp3) is 0.0500. The summed E-state index contributed by atoms with van der Waals surface area (Å²) in [5.74, 6) is 0. The molecule has 0 atom stereocenters. The summed E-state index contributed by atoms with van der Waals surface area (Å²) in [5, 5.41) is 7.62. The molecule has 2 aromatic heterocycles. The van der Waals surface area contributed by atoms with Crippen molar-refractivity contribution in [3.8, 4) is 0 Å². The van der Waals surface area contributed by atoms with E-state index in [2.05, 4.69) is 71.3 Å². The van der Waals surface area contributed by atoms with Gasteiger partial charge < -0.3 is 4.57 Å². The van der Waals surface area contributed by atoms with Gasteiger partial charge >= 0.3 is 0 Å². The summed E-state index contributed by atoms with van der Waals surface area (Å²) in [6, 6.07) is 19.2. The van der Waals surface area contributed by atoms with Crippen molar-refractivity contribution < 1.29 is 0 Å². The predicted molar refractivity (Wildman–Crippen MR) is 93.2 cm³/mol. The van der Waals surface area contributed by atoms with E-state index in [0.29, 0.717) is 0 Å². The molecular weight excluding hydrogens is 268 g/mol. The molecule has 3 aromatic carbocycles. The minimum absolute atomic E-state index is 1.05. The Bertz CT molecular complexity index is 1180. The van der Waals surface area contributed by atoms with E-state index in [0.717, 1.165) is 5.52 Å². The van der Waals surface area contributed by atoms with E-state index in [1.165, 1.54) is 37.8 Å². The number of aryl methyl sites for hydroxylation is 1.